The van der Waals surface area contributed by atoms with Crippen LogP contribution in [-0.4, -0.2) is 28.2 Å². The molecule has 2 heterocycles. The van der Waals surface area contributed by atoms with Crippen molar-refractivity contribution in [3.8, 4) is 0 Å². The van der Waals surface area contributed by atoms with Gasteiger partial charge in [0.15, 0.2) is 5.69 Å². The summed E-state index contributed by atoms with van der Waals surface area (Å²) in [4.78, 5) is 26.7. The van der Waals surface area contributed by atoms with Gasteiger partial charge in [-0.25, -0.2) is 4.79 Å². The normalized spacial score (nSPS) is 16.6. The summed E-state index contributed by atoms with van der Waals surface area (Å²) in [5.74, 6) is 0. The van der Waals surface area contributed by atoms with E-state index >= 15 is 0 Å². The van der Waals surface area contributed by atoms with Crippen LogP contribution in [0, 0.1) is 0 Å². The molecule has 0 fully saturated rings. The van der Waals surface area contributed by atoms with Gasteiger partial charge in [0.2, 0.25) is 0 Å². The molecule has 0 bridgehead atoms. The molecule has 19 heavy (non-hydrogen) atoms. The number of nitrogens with one attached hydrogen (secondary N) is 1. The minimum absolute atomic E-state index is 0.0710. The minimum Gasteiger partial charge on any atom is -0.311 e. The lowest BCUT2D eigenvalue weighted by Gasteiger charge is -2.32. The molecule has 5 nitrogen and oxygen atoms in total. The van der Waals surface area contributed by atoms with E-state index in [-0.39, 0.29) is 17.8 Å². The summed E-state index contributed by atoms with van der Waals surface area (Å²) in [5, 5.41) is 2.33. The Morgan fingerprint density at radius 2 is 2.21 bits per heavy atom. The predicted molar refractivity (Wildman–Crippen MR) is 59.3 cm³/mol. The van der Waals surface area contributed by atoms with Crippen molar-refractivity contribution in [2.24, 2.45) is 0 Å². The molecule has 2 amide bonds. The fourth-order valence-electron chi connectivity index (χ4n) is 1.85. The molecule has 102 valence electrons. The van der Waals surface area contributed by atoms with E-state index in [4.69, 9.17) is 0 Å². The van der Waals surface area contributed by atoms with Crippen LogP contribution in [0.25, 0.3) is 0 Å². The van der Waals surface area contributed by atoms with Crippen LogP contribution < -0.4 is 5.32 Å². The molecule has 0 saturated carbocycles. The number of nitrogens with zero attached hydrogens (tertiary/aromatic N) is 2. The molecule has 1 aromatic heterocycles. The molecule has 1 N–H and O–H groups in total. The molecular formula is C11H10F3N3O2. The maximum absolute atomic E-state index is 12.8. The average molecular weight is 273 g/mol. The highest BCUT2D eigenvalue weighted by Crippen LogP contribution is 2.36. The van der Waals surface area contributed by atoms with Gasteiger partial charge in [0.25, 0.3) is 0 Å². The SMILES string of the molecule is CC(C=O)N1Cc2c(ccnc2C(F)(F)F)NC1=O. The number of carbonyl (C=O) groups excluding carboxylic acids is 2. The van der Waals surface area contributed by atoms with Gasteiger partial charge < -0.3 is 15.0 Å². The number of hydrogen-bond donors (Lipinski definition) is 1. The van der Waals surface area contributed by atoms with E-state index < -0.39 is 23.9 Å². The van der Waals surface area contributed by atoms with Gasteiger partial charge in [-0.3, -0.25) is 4.98 Å². The van der Waals surface area contributed by atoms with Crippen LogP contribution in [-0.2, 0) is 17.5 Å². The summed E-state index contributed by atoms with van der Waals surface area (Å²) >= 11 is 0. The number of halogens is 3. The molecule has 0 spiro atoms. The highest BCUT2D eigenvalue weighted by molar-refractivity contribution is 5.93. The van der Waals surface area contributed by atoms with E-state index in [1.54, 1.807) is 0 Å². The predicted octanol–water partition coefficient (Wildman–Crippen LogP) is 2.04. The standard InChI is InChI=1S/C11H10F3N3O2/c1-6(5-18)17-4-7-8(16-10(17)19)2-3-15-9(7)11(12,13)14/h2-3,5-6H,4H2,1H3,(H,16,19). The van der Waals surface area contributed by atoms with Crippen molar-refractivity contribution in [1.82, 2.24) is 9.88 Å². The molecule has 0 aliphatic carbocycles. The Bertz CT molecular complexity index is 530. The summed E-state index contributed by atoms with van der Waals surface area (Å²) in [6, 6.07) is -0.119. The first-order valence-corrected chi connectivity index (χ1v) is 5.42. The van der Waals surface area contributed by atoms with Gasteiger partial charge in [0.1, 0.15) is 6.29 Å². The second-order valence-electron chi connectivity index (χ2n) is 4.12. The van der Waals surface area contributed by atoms with Crippen LogP contribution >= 0.6 is 0 Å². The third kappa shape index (κ3) is 2.38. The second-order valence-corrected chi connectivity index (χ2v) is 4.12. The van der Waals surface area contributed by atoms with Crippen molar-refractivity contribution in [3.05, 3.63) is 23.5 Å². The highest BCUT2D eigenvalue weighted by atomic mass is 19.4. The van der Waals surface area contributed by atoms with E-state index in [0.29, 0.717) is 6.29 Å². The van der Waals surface area contributed by atoms with Crippen molar-refractivity contribution in [2.45, 2.75) is 25.7 Å². The summed E-state index contributed by atoms with van der Waals surface area (Å²) in [7, 11) is 0. The first kappa shape index (κ1) is 13.3. The molecule has 1 aromatic rings. The van der Waals surface area contributed by atoms with Crippen LogP contribution in [0.2, 0.25) is 0 Å². The molecule has 1 aliphatic heterocycles. The van der Waals surface area contributed by atoms with E-state index in [9.17, 15) is 22.8 Å². The Balaban J connectivity index is 2.47. The maximum atomic E-state index is 12.8. The van der Waals surface area contributed by atoms with Gasteiger partial charge in [-0.15, -0.1) is 0 Å². The fraction of sp³-hybridized carbons (Fsp3) is 0.364. The smallest absolute Gasteiger partial charge is 0.311 e. The van der Waals surface area contributed by atoms with Crippen LogP contribution in [0.1, 0.15) is 18.2 Å². The summed E-state index contributed by atoms with van der Waals surface area (Å²) in [5.41, 5.74) is -1.11. The molecule has 0 radical (unpaired) electrons. The van der Waals surface area contributed by atoms with E-state index in [1.165, 1.54) is 13.0 Å². The minimum atomic E-state index is -4.61. The lowest BCUT2D eigenvalue weighted by Crippen LogP contribution is -2.45. The average Bonchev–Trinajstić information content (AvgIpc) is 2.35. The molecule has 1 atom stereocenters. The van der Waals surface area contributed by atoms with Crippen molar-refractivity contribution >= 4 is 18.0 Å². The Kier molecular flexibility index (Phi) is 3.17. The topological polar surface area (TPSA) is 62.3 Å². The van der Waals surface area contributed by atoms with Gasteiger partial charge in [-0.1, -0.05) is 0 Å². The third-order valence-corrected chi connectivity index (χ3v) is 2.84. The summed E-state index contributed by atoms with van der Waals surface area (Å²) in [6.07, 6.45) is -3.13. The quantitative estimate of drug-likeness (QED) is 0.839. The van der Waals surface area contributed by atoms with E-state index in [0.717, 1.165) is 11.1 Å². The van der Waals surface area contributed by atoms with Crippen molar-refractivity contribution in [3.63, 3.8) is 0 Å². The molecule has 8 heteroatoms. The van der Waals surface area contributed by atoms with Crippen molar-refractivity contribution < 1.29 is 22.8 Å². The first-order valence-electron chi connectivity index (χ1n) is 5.42. The largest absolute Gasteiger partial charge is 0.433 e. The number of aldehydes is 1. The van der Waals surface area contributed by atoms with Gasteiger partial charge in [-0.2, -0.15) is 13.2 Å². The number of pyridine rings is 1. The van der Waals surface area contributed by atoms with E-state index in [2.05, 4.69) is 10.3 Å². The zero-order chi connectivity index (χ0) is 14.2. The number of hydrogen-bond acceptors (Lipinski definition) is 3. The number of urea groups is 1. The third-order valence-electron chi connectivity index (χ3n) is 2.84. The van der Waals surface area contributed by atoms with Crippen molar-refractivity contribution in [1.29, 1.82) is 0 Å². The Labute approximate surface area is 106 Å². The van der Waals surface area contributed by atoms with Crippen molar-refractivity contribution in [2.75, 3.05) is 5.32 Å². The van der Waals surface area contributed by atoms with E-state index in [1.807, 2.05) is 0 Å². The number of fused-ring (bicyclic) bond motifs is 1. The molecule has 0 aromatic carbocycles. The zero-order valence-electron chi connectivity index (χ0n) is 9.86. The molecule has 0 saturated heterocycles. The molecular weight excluding hydrogens is 263 g/mol. The first-order chi connectivity index (χ1) is 8.84. The summed E-state index contributed by atoms with van der Waals surface area (Å²) < 4.78 is 38.5. The number of aromatic nitrogens is 1. The monoisotopic (exact) mass is 273 g/mol. The molecule has 1 aliphatic rings. The lowest BCUT2D eigenvalue weighted by atomic mass is 10.1. The highest BCUT2D eigenvalue weighted by Gasteiger charge is 2.39. The van der Waals surface area contributed by atoms with Crippen LogP contribution in [0.4, 0.5) is 23.7 Å². The number of carbonyl (C=O) groups is 2. The number of anilines is 1. The number of rotatable bonds is 2. The van der Waals surface area contributed by atoms with Gasteiger partial charge in [-0.05, 0) is 13.0 Å². The van der Waals surface area contributed by atoms with Crippen LogP contribution in [0.5, 0.6) is 0 Å². The molecule has 1 unspecified atom stereocenters. The Morgan fingerprint density at radius 3 is 2.79 bits per heavy atom. The van der Waals surface area contributed by atoms with Gasteiger partial charge in [0.05, 0.1) is 18.3 Å². The fourth-order valence-corrected chi connectivity index (χ4v) is 1.85. The van der Waals surface area contributed by atoms with Crippen LogP contribution in [0.3, 0.4) is 0 Å². The van der Waals surface area contributed by atoms with Crippen LogP contribution in [0.15, 0.2) is 12.3 Å². The second kappa shape index (κ2) is 4.52. The maximum Gasteiger partial charge on any atom is 0.433 e. The Morgan fingerprint density at radius 1 is 1.53 bits per heavy atom. The van der Waals surface area contributed by atoms with Gasteiger partial charge in [0, 0.05) is 11.8 Å². The van der Waals surface area contributed by atoms with Gasteiger partial charge >= 0.3 is 12.2 Å². The zero-order valence-corrected chi connectivity index (χ0v) is 9.86. The summed E-state index contributed by atoms with van der Waals surface area (Å²) in [6.45, 7) is 1.13. The number of amides is 2. The molecule has 2 rings (SSSR count). The lowest BCUT2D eigenvalue weighted by molar-refractivity contribution is -0.142. The Hall–Kier alpha value is -2.12. The number of alkyl halides is 3.